The normalized spacial score (nSPS) is 10.2. The molecule has 17 heavy (non-hydrogen) atoms. The van der Waals surface area contributed by atoms with Crippen molar-refractivity contribution in [1.29, 1.82) is 0 Å². The molecular formula is C12H8F2N2O. The number of nitrogens with zero attached hydrogens (tertiary/aromatic N) is 2. The van der Waals surface area contributed by atoms with Crippen molar-refractivity contribution in [1.82, 2.24) is 9.97 Å². The van der Waals surface area contributed by atoms with Gasteiger partial charge in [0.1, 0.15) is 5.69 Å². The number of hydrogen-bond acceptors (Lipinski definition) is 3. The minimum absolute atomic E-state index is 0.00833. The molecule has 3 nitrogen and oxygen atoms in total. The lowest BCUT2D eigenvalue weighted by molar-refractivity contribution is 0.418. The first kappa shape index (κ1) is 11.3. The van der Waals surface area contributed by atoms with E-state index in [2.05, 4.69) is 9.97 Å². The highest BCUT2D eigenvalue weighted by Gasteiger charge is 2.01. The number of para-hydroxylation sites is 1. The van der Waals surface area contributed by atoms with Gasteiger partial charge in [0, 0.05) is 18.0 Å². The van der Waals surface area contributed by atoms with Crippen LogP contribution in [0.4, 0.5) is 8.78 Å². The van der Waals surface area contributed by atoms with Crippen LogP contribution in [0.3, 0.4) is 0 Å². The Hall–Kier alpha value is -2.17. The van der Waals surface area contributed by atoms with Crippen LogP contribution in [0.25, 0.3) is 10.9 Å². The predicted octanol–water partition coefficient (Wildman–Crippen LogP) is 2.31. The number of allylic oxidation sites excluding steroid dienone is 1. The molecule has 0 saturated heterocycles. The Labute approximate surface area is 95.5 Å². The smallest absolute Gasteiger partial charge is 0.265 e. The molecule has 0 amide bonds. The molecule has 1 aromatic carbocycles. The fourth-order valence-electron chi connectivity index (χ4n) is 1.39. The zero-order chi connectivity index (χ0) is 12.3. The molecule has 0 bridgehead atoms. The average molecular weight is 234 g/mol. The van der Waals surface area contributed by atoms with E-state index in [0.29, 0.717) is 17.0 Å². The summed E-state index contributed by atoms with van der Waals surface area (Å²) in [5, 5.41) is 0.695. The maximum Gasteiger partial charge on any atom is 0.292 e. The first-order valence-corrected chi connectivity index (χ1v) is 4.93. The summed E-state index contributed by atoms with van der Waals surface area (Å²) in [5.41, 5.74) is -0.0707. The Morgan fingerprint density at radius 1 is 1.29 bits per heavy atom. The maximum atomic E-state index is 11.9. The molecule has 0 radical (unpaired) electrons. The summed E-state index contributed by atoms with van der Waals surface area (Å²) in [7, 11) is 0. The van der Waals surface area contributed by atoms with E-state index in [1.807, 2.05) is 0 Å². The van der Waals surface area contributed by atoms with E-state index in [1.165, 1.54) is 6.20 Å². The third-order valence-electron chi connectivity index (χ3n) is 2.21. The molecule has 0 unspecified atom stereocenters. The number of rotatable bonds is 2. The molecule has 0 aliphatic carbocycles. The van der Waals surface area contributed by atoms with Crippen molar-refractivity contribution >= 4 is 10.9 Å². The molecule has 1 heterocycles. The van der Waals surface area contributed by atoms with E-state index in [1.54, 1.807) is 24.3 Å². The van der Waals surface area contributed by atoms with Crippen molar-refractivity contribution in [3.63, 3.8) is 0 Å². The highest BCUT2D eigenvalue weighted by atomic mass is 19.3. The Balaban J connectivity index is 2.56. The molecule has 0 saturated carbocycles. The second-order valence-electron chi connectivity index (χ2n) is 3.38. The SMILES string of the molecule is O=c1nc2ccccc2cnc1CC=C(F)F. The van der Waals surface area contributed by atoms with E-state index >= 15 is 0 Å². The monoisotopic (exact) mass is 234 g/mol. The van der Waals surface area contributed by atoms with Gasteiger partial charge in [-0.15, -0.1) is 0 Å². The van der Waals surface area contributed by atoms with E-state index in [4.69, 9.17) is 0 Å². The van der Waals surface area contributed by atoms with Gasteiger partial charge in [0.2, 0.25) is 0 Å². The first-order chi connectivity index (χ1) is 8.16. The van der Waals surface area contributed by atoms with Crippen molar-refractivity contribution < 1.29 is 8.78 Å². The Morgan fingerprint density at radius 3 is 2.82 bits per heavy atom. The van der Waals surface area contributed by atoms with Gasteiger partial charge in [0.25, 0.3) is 11.6 Å². The summed E-state index contributed by atoms with van der Waals surface area (Å²) in [4.78, 5) is 19.3. The minimum atomic E-state index is -1.83. The standard InChI is InChI=1S/C12H8F2N2O/c13-11(14)6-5-10-12(17)16-9-4-2-1-3-8(9)7-15-10/h1-4,6-7H,5H2. The predicted molar refractivity (Wildman–Crippen MR) is 59.8 cm³/mol. The lowest BCUT2D eigenvalue weighted by Crippen LogP contribution is -2.10. The maximum absolute atomic E-state index is 11.9. The second-order valence-corrected chi connectivity index (χ2v) is 3.38. The Bertz CT molecular complexity index is 637. The van der Waals surface area contributed by atoms with Crippen LogP contribution in [0.1, 0.15) is 5.69 Å². The number of aromatic nitrogens is 2. The van der Waals surface area contributed by atoms with E-state index in [-0.39, 0.29) is 12.1 Å². The fourth-order valence-corrected chi connectivity index (χ4v) is 1.39. The van der Waals surface area contributed by atoms with Crippen molar-refractivity contribution in [3.8, 4) is 0 Å². The van der Waals surface area contributed by atoms with Crippen molar-refractivity contribution in [2.24, 2.45) is 0 Å². The number of benzene rings is 1. The van der Waals surface area contributed by atoms with Gasteiger partial charge < -0.3 is 0 Å². The van der Waals surface area contributed by atoms with Gasteiger partial charge >= 0.3 is 0 Å². The van der Waals surface area contributed by atoms with Gasteiger partial charge in [-0.1, -0.05) is 18.2 Å². The zero-order valence-electron chi connectivity index (χ0n) is 8.73. The van der Waals surface area contributed by atoms with E-state index < -0.39 is 11.6 Å². The minimum Gasteiger partial charge on any atom is -0.265 e. The van der Waals surface area contributed by atoms with Crippen molar-refractivity contribution in [3.05, 3.63) is 58.7 Å². The fraction of sp³-hybridized carbons (Fsp3) is 0.0833. The lowest BCUT2D eigenvalue weighted by Gasteiger charge is -1.85. The molecule has 2 rings (SSSR count). The average Bonchev–Trinajstić information content (AvgIpc) is 2.45. The van der Waals surface area contributed by atoms with Crippen LogP contribution >= 0.6 is 0 Å². The molecule has 0 N–H and O–H groups in total. The first-order valence-electron chi connectivity index (χ1n) is 4.93. The van der Waals surface area contributed by atoms with Crippen molar-refractivity contribution in [2.45, 2.75) is 6.42 Å². The molecule has 5 heteroatoms. The molecule has 0 atom stereocenters. The highest BCUT2D eigenvalue weighted by molar-refractivity contribution is 5.76. The summed E-state index contributed by atoms with van der Waals surface area (Å²) < 4.78 is 23.9. The largest absolute Gasteiger partial charge is 0.292 e. The molecular weight excluding hydrogens is 226 g/mol. The molecule has 2 aromatic rings. The van der Waals surface area contributed by atoms with E-state index in [0.717, 1.165) is 0 Å². The van der Waals surface area contributed by atoms with Crippen LogP contribution in [0.2, 0.25) is 0 Å². The molecule has 0 aliphatic rings. The molecule has 0 spiro atoms. The quantitative estimate of drug-likeness (QED) is 0.800. The zero-order valence-corrected chi connectivity index (χ0v) is 8.73. The van der Waals surface area contributed by atoms with Crippen LogP contribution in [0.15, 0.2) is 47.4 Å². The third kappa shape index (κ3) is 2.69. The van der Waals surface area contributed by atoms with Gasteiger partial charge in [-0.2, -0.15) is 8.78 Å². The topological polar surface area (TPSA) is 42.9 Å². The summed E-state index contributed by atoms with van der Waals surface area (Å²) in [6, 6.07) is 6.96. The van der Waals surface area contributed by atoms with Gasteiger partial charge in [-0.3, -0.25) is 9.78 Å². The molecule has 1 aromatic heterocycles. The molecule has 0 aliphatic heterocycles. The number of fused-ring (bicyclic) bond motifs is 1. The highest BCUT2D eigenvalue weighted by Crippen LogP contribution is 2.07. The summed E-state index contributed by atoms with van der Waals surface area (Å²) in [5.74, 6) is 0. The summed E-state index contributed by atoms with van der Waals surface area (Å²) >= 11 is 0. The van der Waals surface area contributed by atoms with E-state index in [9.17, 15) is 13.6 Å². The Kier molecular flexibility index (Phi) is 3.18. The summed E-state index contributed by atoms with van der Waals surface area (Å²) in [6.45, 7) is 0. The van der Waals surface area contributed by atoms with Crippen LogP contribution in [0.5, 0.6) is 0 Å². The van der Waals surface area contributed by atoms with Crippen LogP contribution in [-0.4, -0.2) is 9.97 Å². The third-order valence-corrected chi connectivity index (χ3v) is 2.21. The molecule has 86 valence electrons. The number of halogens is 2. The van der Waals surface area contributed by atoms with Gasteiger partial charge in [-0.25, -0.2) is 4.98 Å². The van der Waals surface area contributed by atoms with Crippen LogP contribution in [0, 0.1) is 0 Å². The summed E-state index contributed by atoms with van der Waals surface area (Å²) in [6.07, 6.45) is 0.0659. The van der Waals surface area contributed by atoms with Crippen LogP contribution in [-0.2, 0) is 6.42 Å². The van der Waals surface area contributed by atoms with Gasteiger partial charge in [0.15, 0.2) is 0 Å². The lowest BCUT2D eigenvalue weighted by atomic mass is 10.2. The van der Waals surface area contributed by atoms with Gasteiger partial charge in [0.05, 0.1) is 5.52 Å². The van der Waals surface area contributed by atoms with Crippen LogP contribution < -0.4 is 5.56 Å². The molecule has 0 fully saturated rings. The Morgan fingerprint density at radius 2 is 2.06 bits per heavy atom. The number of hydrogen-bond donors (Lipinski definition) is 0. The van der Waals surface area contributed by atoms with Gasteiger partial charge in [-0.05, 0) is 12.1 Å². The van der Waals surface area contributed by atoms with Crippen molar-refractivity contribution in [2.75, 3.05) is 0 Å². The second kappa shape index (κ2) is 4.78.